The molecule has 0 radical (unpaired) electrons. The van der Waals surface area contributed by atoms with Gasteiger partial charge in [-0.3, -0.25) is 0 Å². The third-order valence-corrected chi connectivity index (χ3v) is 0. The standard InChI is InChI=1S/Dy.5Pt. The summed E-state index contributed by atoms with van der Waals surface area (Å²) in [5.41, 5.74) is 0. The van der Waals surface area contributed by atoms with E-state index in [1.807, 2.05) is 0 Å². The van der Waals surface area contributed by atoms with Crippen LogP contribution in [0.3, 0.4) is 0 Å². The third kappa shape index (κ3) is 23.3. The molecule has 0 aliphatic rings. The van der Waals surface area contributed by atoms with Gasteiger partial charge in [-0.1, -0.05) is 0 Å². The molecule has 0 bridgehead atoms. The Morgan fingerprint density at radius 3 is 0.333 bits per heavy atom. The van der Waals surface area contributed by atoms with Gasteiger partial charge in [-0.05, 0) is 0 Å². The molecule has 6 heteroatoms. The van der Waals surface area contributed by atoms with E-state index >= 15 is 0 Å². The topological polar surface area (TPSA) is 0 Å². The van der Waals surface area contributed by atoms with Gasteiger partial charge in [-0.15, -0.1) is 0 Å². The van der Waals surface area contributed by atoms with Crippen molar-refractivity contribution in [3.05, 3.63) is 0 Å². The molecule has 0 aliphatic carbocycles. The first kappa shape index (κ1) is 45.5. The van der Waals surface area contributed by atoms with Crippen molar-refractivity contribution in [2.45, 2.75) is 0 Å². The van der Waals surface area contributed by atoms with Gasteiger partial charge in [0.25, 0.3) is 0 Å². The number of hydrogen-bond acceptors (Lipinski definition) is 0. The molecule has 0 heterocycles. The largest absolute Gasteiger partial charge is 0 e. The van der Waals surface area contributed by atoms with Gasteiger partial charge in [-0.2, -0.15) is 0 Å². The zero-order valence-electron chi connectivity index (χ0n) is 1.90. The van der Waals surface area contributed by atoms with Crippen LogP contribution >= 0.6 is 0 Å². The summed E-state index contributed by atoms with van der Waals surface area (Å²) >= 11 is 0. The van der Waals surface area contributed by atoms with Gasteiger partial charge in [0.2, 0.25) is 0 Å². The van der Waals surface area contributed by atoms with Crippen LogP contribution in [0.1, 0.15) is 0 Å². The van der Waals surface area contributed by atoms with Crippen LogP contribution in [-0.4, -0.2) is 0 Å². The third-order valence-electron chi connectivity index (χ3n) is 0. The van der Waals surface area contributed by atoms with E-state index in [-0.39, 0.29) is 143 Å². The van der Waals surface area contributed by atoms with Crippen molar-refractivity contribution in [2.75, 3.05) is 0 Å². The number of hydrogen-bond donors (Lipinski definition) is 0. The normalized spacial score (nSPS) is 0. The second kappa shape index (κ2) is 33.2. The van der Waals surface area contributed by atoms with Crippen LogP contribution in [-0.2, 0) is 105 Å². The van der Waals surface area contributed by atoms with E-state index in [0.29, 0.717) is 0 Å². The van der Waals surface area contributed by atoms with Gasteiger partial charge in [0.15, 0.2) is 0 Å². The summed E-state index contributed by atoms with van der Waals surface area (Å²) in [5.74, 6) is 0. The van der Waals surface area contributed by atoms with Crippen molar-refractivity contribution >= 4 is 0 Å². The van der Waals surface area contributed by atoms with E-state index < -0.39 is 0 Å². The van der Waals surface area contributed by atoms with Crippen molar-refractivity contribution < 1.29 is 143 Å². The Morgan fingerprint density at radius 1 is 0.333 bits per heavy atom. The van der Waals surface area contributed by atoms with Crippen LogP contribution in [0.5, 0.6) is 0 Å². The first-order chi connectivity index (χ1) is 0. The maximum Gasteiger partial charge on any atom is 0 e. The Hall–Kier alpha value is 4.71. The first-order valence-corrected chi connectivity index (χ1v) is 0. The van der Waals surface area contributed by atoms with Crippen molar-refractivity contribution in [3.63, 3.8) is 0 Å². The molecule has 0 fully saturated rings. The minimum atomic E-state index is 0. The summed E-state index contributed by atoms with van der Waals surface area (Å²) in [6.07, 6.45) is 0. The Bertz CT molecular complexity index is 3.90. The smallest absolute Gasteiger partial charge is 0 e. The van der Waals surface area contributed by atoms with Gasteiger partial charge < -0.3 is 0 Å². The molecular formula is DyPt5. The van der Waals surface area contributed by atoms with E-state index in [0.717, 1.165) is 0 Å². The Balaban J connectivity index is 0. The molecule has 0 N–H and O–H groups in total. The predicted octanol–water partition coefficient (Wildman–Crippen LogP) is -0.0125. The van der Waals surface area contributed by atoms with Crippen molar-refractivity contribution in [1.82, 2.24) is 0 Å². The molecule has 0 rings (SSSR count). The second-order valence-electron chi connectivity index (χ2n) is 0. The molecule has 0 atom stereocenters. The van der Waals surface area contributed by atoms with E-state index in [4.69, 9.17) is 0 Å². The fourth-order valence-corrected chi connectivity index (χ4v) is 0. The molecule has 0 amide bonds. The quantitative estimate of drug-likeness (QED) is 0.321. The molecule has 0 aromatic carbocycles. The Morgan fingerprint density at radius 2 is 0.333 bits per heavy atom. The average Bonchev–Trinajstić information content (AvgIpc) is 0. The van der Waals surface area contributed by atoms with E-state index in [1.54, 1.807) is 0 Å². The van der Waals surface area contributed by atoms with Crippen LogP contribution in [0.2, 0.25) is 0 Å². The minimum Gasteiger partial charge on any atom is 0 e. The summed E-state index contributed by atoms with van der Waals surface area (Å²) < 4.78 is 0. The van der Waals surface area contributed by atoms with Crippen molar-refractivity contribution in [3.8, 4) is 0 Å². The van der Waals surface area contributed by atoms with Crippen molar-refractivity contribution in [2.24, 2.45) is 0 Å². The molecule has 0 saturated heterocycles. The van der Waals surface area contributed by atoms with Crippen LogP contribution in [0.4, 0.5) is 0 Å². The molecule has 0 aromatic rings. The molecule has 60 valence electrons. The Labute approximate surface area is 140 Å². The van der Waals surface area contributed by atoms with Crippen LogP contribution < -0.4 is 0 Å². The van der Waals surface area contributed by atoms with Gasteiger partial charge in [-0.25, -0.2) is 0 Å². The fourth-order valence-electron chi connectivity index (χ4n) is 0. The zero-order valence-corrected chi connectivity index (χ0v) is 15.3. The van der Waals surface area contributed by atoms with Crippen molar-refractivity contribution in [1.29, 1.82) is 0 Å². The molecular weight excluding hydrogens is 1140 g/mol. The summed E-state index contributed by atoms with van der Waals surface area (Å²) in [7, 11) is 0. The Kier molecular flexibility index (Phi) is 252. The van der Waals surface area contributed by atoms with Gasteiger partial charge in [0, 0.05) is 143 Å². The second-order valence-corrected chi connectivity index (χ2v) is 0. The summed E-state index contributed by atoms with van der Waals surface area (Å²) in [6, 6.07) is 0. The molecule has 6 heavy (non-hydrogen) atoms. The van der Waals surface area contributed by atoms with E-state index in [1.165, 1.54) is 0 Å². The monoisotopic (exact) mass is 1140 g/mol. The van der Waals surface area contributed by atoms with Gasteiger partial charge in [0.05, 0.1) is 0 Å². The van der Waals surface area contributed by atoms with Gasteiger partial charge in [0.1, 0.15) is 0 Å². The predicted molar refractivity (Wildman–Crippen MR) is 0 cm³/mol. The van der Waals surface area contributed by atoms with Crippen LogP contribution in [0, 0.1) is 38.2 Å². The maximum absolute atomic E-state index is 0. The molecule has 0 aromatic heterocycles. The summed E-state index contributed by atoms with van der Waals surface area (Å²) in [5, 5.41) is 0. The molecule has 0 spiro atoms. The molecule has 0 saturated carbocycles. The molecule has 0 nitrogen and oxygen atoms in total. The average molecular weight is 1140 g/mol. The zero-order chi connectivity index (χ0) is 0. The van der Waals surface area contributed by atoms with Crippen LogP contribution in [0.15, 0.2) is 0 Å². The van der Waals surface area contributed by atoms with Crippen LogP contribution in [0.25, 0.3) is 0 Å². The fraction of sp³-hybridized carbons (Fsp3) is 0. The molecule has 0 aliphatic heterocycles. The van der Waals surface area contributed by atoms with E-state index in [2.05, 4.69) is 0 Å². The molecule has 0 unspecified atom stereocenters. The summed E-state index contributed by atoms with van der Waals surface area (Å²) in [4.78, 5) is 0. The minimum absolute atomic E-state index is 0. The SMILES string of the molecule is [Dy].[Pt].[Pt].[Pt].[Pt].[Pt]. The maximum atomic E-state index is 0. The number of rotatable bonds is 0. The first-order valence-electron chi connectivity index (χ1n) is 0. The van der Waals surface area contributed by atoms with E-state index in [9.17, 15) is 0 Å². The van der Waals surface area contributed by atoms with Gasteiger partial charge >= 0.3 is 0 Å². The summed E-state index contributed by atoms with van der Waals surface area (Å²) in [6.45, 7) is 0.